The van der Waals surface area contributed by atoms with Crippen molar-refractivity contribution in [3.63, 3.8) is 0 Å². The Morgan fingerprint density at radius 3 is 2.76 bits per heavy atom. The molecular formula is C16H15N3OS. The van der Waals surface area contributed by atoms with Gasteiger partial charge in [-0.25, -0.2) is 0 Å². The number of thiophene rings is 1. The molecule has 0 aliphatic carbocycles. The van der Waals surface area contributed by atoms with Gasteiger partial charge in [0.1, 0.15) is 0 Å². The highest BCUT2D eigenvalue weighted by molar-refractivity contribution is 7.13. The maximum Gasteiger partial charge on any atom is 0.255 e. The second-order valence-electron chi connectivity index (χ2n) is 4.74. The van der Waals surface area contributed by atoms with Gasteiger partial charge in [0.15, 0.2) is 0 Å². The highest BCUT2D eigenvalue weighted by Crippen LogP contribution is 2.26. The molecule has 21 heavy (non-hydrogen) atoms. The van der Waals surface area contributed by atoms with Crippen molar-refractivity contribution >= 4 is 17.2 Å². The summed E-state index contributed by atoms with van der Waals surface area (Å²) in [6.07, 6.45) is 1.57. The maximum atomic E-state index is 12.4. The highest BCUT2D eigenvalue weighted by Gasteiger charge is 2.18. The largest absolute Gasteiger partial charge is 0.345 e. The topological polar surface area (TPSA) is 57.8 Å². The smallest absolute Gasteiger partial charge is 0.255 e. The van der Waals surface area contributed by atoms with Crippen molar-refractivity contribution in [3.05, 3.63) is 65.2 Å². The third kappa shape index (κ3) is 2.87. The summed E-state index contributed by atoms with van der Waals surface area (Å²) in [5.74, 6) is -0.122. The fraction of sp³-hybridized carbons (Fsp3) is 0.125. The minimum Gasteiger partial charge on any atom is -0.345 e. The van der Waals surface area contributed by atoms with E-state index in [0.717, 1.165) is 16.1 Å². The van der Waals surface area contributed by atoms with E-state index >= 15 is 0 Å². The average Bonchev–Trinajstić information content (AvgIpc) is 3.18. The van der Waals surface area contributed by atoms with Crippen LogP contribution in [0.15, 0.2) is 54.0 Å². The van der Waals surface area contributed by atoms with E-state index in [4.69, 9.17) is 0 Å². The second-order valence-corrected chi connectivity index (χ2v) is 5.69. The molecular weight excluding hydrogens is 282 g/mol. The van der Waals surface area contributed by atoms with Crippen LogP contribution in [0, 0.1) is 0 Å². The van der Waals surface area contributed by atoms with Crippen LogP contribution < -0.4 is 5.32 Å². The number of hydrogen-bond donors (Lipinski definition) is 2. The molecule has 0 aliphatic heterocycles. The molecule has 3 aromatic rings. The van der Waals surface area contributed by atoms with Gasteiger partial charge in [0, 0.05) is 0 Å². The minimum absolute atomic E-state index is 0.0511. The number of carbonyl (C=O) groups is 1. The summed E-state index contributed by atoms with van der Waals surface area (Å²) in [5, 5.41) is 11.9. The van der Waals surface area contributed by atoms with E-state index in [1.807, 2.05) is 54.8 Å². The van der Waals surface area contributed by atoms with Gasteiger partial charge in [0.25, 0.3) is 5.91 Å². The number of aromatic nitrogens is 2. The fourth-order valence-corrected chi connectivity index (χ4v) is 2.90. The van der Waals surface area contributed by atoms with Crippen LogP contribution in [0.2, 0.25) is 0 Å². The van der Waals surface area contributed by atoms with Crippen molar-refractivity contribution in [2.45, 2.75) is 13.0 Å². The Balaban J connectivity index is 1.79. The number of hydrogen-bond acceptors (Lipinski definition) is 3. The number of benzene rings is 1. The Bertz CT molecular complexity index is 719. The van der Waals surface area contributed by atoms with Crippen LogP contribution >= 0.6 is 11.3 Å². The molecule has 1 amide bonds. The van der Waals surface area contributed by atoms with E-state index in [9.17, 15) is 4.79 Å². The summed E-state index contributed by atoms with van der Waals surface area (Å²) >= 11 is 1.58. The van der Waals surface area contributed by atoms with Gasteiger partial charge in [-0.05, 0) is 23.9 Å². The number of carbonyl (C=O) groups excluding carboxylic acids is 1. The van der Waals surface area contributed by atoms with E-state index in [1.54, 1.807) is 17.5 Å². The van der Waals surface area contributed by atoms with E-state index in [-0.39, 0.29) is 11.9 Å². The minimum atomic E-state index is -0.122. The van der Waals surface area contributed by atoms with Crippen molar-refractivity contribution in [2.75, 3.05) is 0 Å². The first-order valence-corrected chi connectivity index (χ1v) is 7.56. The maximum absolute atomic E-state index is 12.4. The lowest BCUT2D eigenvalue weighted by molar-refractivity contribution is 0.0940. The van der Waals surface area contributed by atoms with E-state index < -0.39 is 0 Å². The SMILES string of the molecule is CC(NC(=O)c1cn[nH]c1-c1cccs1)c1ccccc1. The molecule has 2 N–H and O–H groups in total. The monoisotopic (exact) mass is 297 g/mol. The van der Waals surface area contributed by atoms with Gasteiger partial charge in [-0.15, -0.1) is 11.3 Å². The lowest BCUT2D eigenvalue weighted by Crippen LogP contribution is -2.26. The molecule has 2 heterocycles. The zero-order valence-corrected chi connectivity index (χ0v) is 12.4. The molecule has 4 nitrogen and oxygen atoms in total. The molecule has 0 aliphatic rings. The molecule has 0 saturated carbocycles. The van der Waals surface area contributed by atoms with Crippen molar-refractivity contribution in [1.29, 1.82) is 0 Å². The molecule has 106 valence electrons. The normalized spacial score (nSPS) is 12.0. The van der Waals surface area contributed by atoms with Gasteiger partial charge in [-0.2, -0.15) is 5.10 Å². The van der Waals surface area contributed by atoms with E-state index in [2.05, 4.69) is 15.5 Å². The summed E-state index contributed by atoms with van der Waals surface area (Å²) in [7, 11) is 0. The molecule has 0 radical (unpaired) electrons. The molecule has 1 atom stereocenters. The first kappa shape index (κ1) is 13.6. The Morgan fingerprint density at radius 2 is 2.05 bits per heavy atom. The van der Waals surface area contributed by atoms with E-state index in [1.165, 1.54) is 0 Å². The standard InChI is InChI=1S/C16H15N3OS/c1-11(12-6-3-2-4-7-12)18-16(20)13-10-17-19-15(13)14-8-5-9-21-14/h2-11H,1H3,(H,17,19)(H,18,20). The second kappa shape index (κ2) is 5.93. The zero-order chi connectivity index (χ0) is 14.7. The molecule has 2 aromatic heterocycles. The van der Waals surface area contributed by atoms with Crippen molar-refractivity contribution in [1.82, 2.24) is 15.5 Å². The Morgan fingerprint density at radius 1 is 1.24 bits per heavy atom. The molecule has 0 spiro atoms. The lowest BCUT2D eigenvalue weighted by atomic mass is 10.1. The van der Waals surface area contributed by atoms with Crippen LogP contribution in [0.3, 0.4) is 0 Å². The first-order chi connectivity index (χ1) is 10.3. The Labute approximate surface area is 126 Å². The average molecular weight is 297 g/mol. The molecule has 5 heteroatoms. The Kier molecular flexibility index (Phi) is 3.83. The molecule has 1 aromatic carbocycles. The molecule has 0 saturated heterocycles. The number of nitrogens with zero attached hydrogens (tertiary/aromatic N) is 1. The molecule has 1 unspecified atom stereocenters. The zero-order valence-electron chi connectivity index (χ0n) is 11.5. The quantitative estimate of drug-likeness (QED) is 0.772. The fourth-order valence-electron chi connectivity index (χ4n) is 2.17. The first-order valence-electron chi connectivity index (χ1n) is 6.69. The van der Waals surface area contributed by atoms with Crippen molar-refractivity contribution in [2.24, 2.45) is 0 Å². The van der Waals surface area contributed by atoms with E-state index in [0.29, 0.717) is 5.56 Å². The number of rotatable bonds is 4. The van der Waals surface area contributed by atoms with Crippen LogP contribution in [-0.4, -0.2) is 16.1 Å². The van der Waals surface area contributed by atoms with Gasteiger partial charge in [-0.1, -0.05) is 36.4 Å². The van der Waals surface area contributed by atoms with Crippen LogP contribution in [0.25, 0.3) is 10.6 Å². The predicted octanol–water partition coefficient (Wildman–Crippen LogP) is 3.63. The summed E-state index contributed by atoms with van der Waals surface area (Å²) in [6.45, 7) is 1.97. The van der Waals surface area contributed by atoms with Gasteiger partial charge >= 0.3 is 0 Å². The molecule has 0 fully saturated rings. The summed E-state index contributed by atoms with van der Waals surface area (Å²) < 4.78 is 0. The van der Waals surface area contributed by atoms with Crippen molar-refractivity contribution in [3.8, 4) is 10.6 Å². The van der Waals surface area contributed by atoms with Gasteiger partial charge < -0.3 is 5.32 Å². The number of H-pyrrole nitrogens is 1. The highest BCUT2D eigenvalue weighted by atomic mass is 32.1. The Hall–Kier alpha value is -2.40. The lowest BCUT2D eigenvalue weighted by Gasteiger charge is -2.14. The van der Waals surface area contributed by atoms with Crippen LogP contribution in [0.5, 0.6) is 0 Å². The predicted molar refractivity (Wildman–Crippen MR) is 84.2 cm³/mol. The number of amides is 1. The summed E-state index contributed by atoms with van der Waals surface area (Å²) in [5.41, 5.74) is 2.41. The summed E-state index contributed by atoms with van der Waals surface area (Å²) in [6, 6.07) is 13.8. The van der Waals surface area contributed by atoms with Crippen LogP contribution in [-0.2, 0) is 0 Å². The third-order valence-electron chi connectivity index (χ3n) is 3.30. The third-order valence-corrected chi connectivity index (χ3v) is 4.19. The van der Waals surface area contributed by atoms with Crippen molar-refractivity contribution < 1.29 is 4.79 Å². The molecule has 3 rings (SSSR count). The van der Waals surface area contributed by atoms with Gasteiger partial charge in [0.2, 0.25) is 0 Å². The number of nitrogens with one attached hydrogen (secondary N) is 2. The van der Waals surface area contributed by atoms with Gasteiger partial charge in [-0.3, -0.25) is 9.89 Å². The van der Waals surface area contributed by atoms with Crippen LogP contribution in [0.1, 0.15) is 28.9 Å². The number of aromatic amines is 1. The van der Waals surface area contributed by atoms with Crippen LogP contribution in [0.4, 0.5) is 0 Å². The molecule has 0 bridgehead atoms. The van der Waals surface area contributed by atoms with Gasteiger partial charge in [0.05, 0.1) is 28.4 Å². The summed E-state index contributed by atoms with van der Waals surface area (Å²) in [4.78, 5) is 13.4.